The zero-order valence-corrected chi connectivity index (χ0v) is 9.16. The molecule has 0 aliphatic carbocycles. The topological polar surface area (TPSA) is 49.3 Å². The second-order valence-electron chi connectivity index (χ2n) is 4.21. The molecule has 0 saturated carbocycles. The lowest BCUT2D eigenvalue weighted by Gasteiger charge is -2.20. The van der Waals surface area contributed by atoms with E-state index in [4.69, 9.17) is 5.11 Å². The molecule has 0 atom stereocenters. The summed E-state index contributed by atoms with van der Waals surface area (Å²) < 4.78 is 0. The molecule has 1 aromatic rings. The van der Waals surface area contributed by atoms with E-state index in [1.54, 1.807) is 13.8 Å². The van der Waals surface area contributed by atoms with E-state index in [0.717, 1.165) is 5.56 Å². The van der Waals surface area contributed by atoms with Crippen molar-refractivity contribution in [1.82, 2.24) is 5.32 Å². The molecule has 0 aliphatic heterocycles. The zero-order chi connectivity index (χ0) is 11.3. The summed E-state index contributed by atoms with van der Waals surface area (Å²) in [4.78, 5) is 11.6. The van der Waals surface area contributed by atoms with Gasteiger partial charge in [-0.3, -0.25) is 4.79 Å². The molecule has 2 N–H and O–H groups in total. The minimum absolute atomic E-state index is 0.131. The number of aliphatic hydroxyl groups excluding tert-OH is 1. The molecule has 15 heavy (non-hydrogen) atoms. The van der Waals surface area contributed by atoms with E-state index in [0.29, 0.717) is 6.54 Å². The van der Waals surface area contributed by atoms with Crippen LogP contribution in [0.2, 0.25) is 0 Å². The van der Waals surface area contributed by atoms with Crippen molar-refractivity contribution in [3.05, 3.63) is 35.9 Å². The van der Waals surface area contributed by atoms with E-state index >= 15 is 0 Å². The first-order chi connectivity index (χ1) is 7.06. The minimum Gasteiger partial charge on any atom is -0.395 e. The average Bonchev–Trinajstić information content (AvgIpc) is 2.27. The van der Waals surface area contributed by atoms with Crippen molar-refractivity contribution >= 4 is 5.91 Å². The molecular formula is C12H17NO2. The molecule has 0 unspecified atom stereocenters. The summed E-state index contributed by atoms with van der Waals surface area (Å²) in [5.74, 6) is -0.131. The molecular weight excluding hydrogens is 190 g/mol. The Kier molecular flexibility index (Phi) is 3.86. The van der Waals surface area contributed by atoms with Crippen molar-refractivity contribution in [2.45, 2.75) is 20.4 Å². The summed E-state index contributed by atoms with van der Waals surface area (Å²) in [7, 11) is 0. The molecule has 0 spiro atoms. The molecule has 1 rings (SSSR count). The van der Waals surface area contributed by atoms with Crippen LogP contribution in [-0.2, 0) is 11.3 Å². The van der Waals surface area contributed by atoms with Gasteiger partial charge < -0.3 is 10.4 Å². The molecule has 82 valence electrons. The van der Waals surface area contributed by atoms with Crippen molar-refractivity contribution in [1.29, 1.82) is 0 Å². The van der Waals surface area contributed by atoms with Crippen molar-refractivity contribution in [2.75, 3.05) is 6.61 Å². The Morgan fingerprint density at radius 3 is 2.47 bits per heavy atom. The molecule has 0 fully saturated rings. The van der Waals surface area contributed by atoms with Crippen LogP contribution in [0.25, 0.3) is 0 Å². The number of rotatable bonds is 4. The van der Waals surface area contributed by atoms with Crippen LogP contribution < -0.4 is 5.32 Å². The SMILES string of the molecule is CC(C)(CO)C(=O)NCc1ccccc1. The summed E-state index contributed by atoms with van der Waals surface area (Å²) in [6.07, 6.45) is 0. The minimum atomic E-state index is -0.714. The normalized spacial score (nSPS) is 11.1. The summed E-state index contributed by atoms with van der Waals surface area (Å²) in [5, 5.41) is 11.8. The molecule has 0 bridgehead atoms. The molecule has 0 aliphatic rings. The molecule has 0 radical (unpaired) electrons. The first kappa shape index (κ1) is 11.7. The number of aliphatic hydroxyl groups is 1. The summed E-state index contributed by atoms with van der Waals surface area (Å²) in [5.41, 5.74) is 0.342. The van der Waals surface area contributed by atoms with Crippen LogP contribution in [0.4, 0.5) is 0 Å². The quantitative estimate of drug-likeness (QED) is 0.782. The lowest BCUT2D eigenvalue weighted by Crippen LogP contribution is -2.38. The number of nitrogens with one attached hydrogen (secondary N) is 1. The summed E-state index contributed by atoms with van der Waals surface area (Å²) >= 11 is 0. The second kappa shape index (κ2) is 4.94. The van der Waals surface area contributed by atoms with Crippen LogP contribution in [0.1, 0.15) is 19.4 Å². The Morgan fingerprint density at radius 2 is 1.93 bits per heavy atom. The van der Waals surface area contributed by atoms with Gasteiger partial charge in [0.25, 0.3) is 0 Å². The molecule has 3 heteroatoms. The highest BCUT2D eigenvalue weighted by Crippen LogP contribution is 2.13. The fourth-order valence-electron chi connectivity index (χ4n) is 1.09. The van der Waals surface area contributed by atoms with Crippen molar-refractivity contribution in [3.8, 4) is 0 Å². The smallest absolute Gasteiger partial charge is 0.228 e. The maximum atomic E-state index is 11.6. The van der Waals surface area contributed by atoms with E-state index in [2.05, 4.69) is 5.32 Å². The second-order valence-corrected chi connectivity index (χ2v) is 4.21. The van der Waals surface area contributed by atoms with E-state index in [1.807, 2.05) is 30.3 Å². The van der Waals surface area contributed by atoms with Gasteiger partial charge in [-0.05, 0) is 19.4 Å². The van der Waals surface area contributed by atoms with Crippen LogP contribution in [0.5, 0.6) is 0 Å². The predicted molar refractivity (Wildman–Crippen MR) is 59.2 cm³/mol. The van der Waals surface area contributed by atoms with E-state index in [-0.39, 0.29) is 12.5 Å². The third kappa shape index (κ3) is 3.36. The maximum absolute atomic E-state index is 11.6. The Labute approximate surface area is 90.1 Å². The Morgan fingerprint density at radius 1 is 1.33 bits per heavy atom. The van der Waals surface area contributed by atoms with Crippen LogP contribution in [-0.4, -0.2) is 17.6 Å². The fraction of sp³-hybridized carbons (Fsp3) is 0.417. The molecule has 0 heterocycles. The van der Waals surface area contributed by atoms with Gasteiger partial charge in [-0.25, -0.2) is 0 Å². The van der Waals surface area contributed by atoms with Crippen molar-refractivity contribution in [3.63, 3.8) is 0 Å². The third-order valence-corrected chi connectivity index (χ3v) is 2.31. The predicted octanol–water partition coefficient (Wildman–Crippen LogP) is 1.32. The Hall–Kier alpha value is -1.35. The fourth-order valence-corrected chi connectivity index (χ4v) is 1.09. The van der Waals surface area contributed by atoms with Crippen molar-refractivity contribution < 1.29 is 9.90 Å². The highest BCUT2D eigenvalue weighted by atomic mass is 16.3. The zero-order valence-electron chi connectivity index (χ0n) is 9.16. The molecule has 3 nitrogen and oxygen atoms in total. The van der Waals surface area contributed by atoms with Gasteiger partial charge in [0, 0.05) is 6.54 Å². The van der Waals surface area contributed by atoms with Gasteiger partial charge in [0.2, 0.25) is 5.91 Å². The van der Waals surface area contributed by atoms with Gasteiger partial charge in [0.05, 0.1) is 12.0 Å². The van der Waals surface area contributed by atoms with Crippen LogP contribution in [0, 0.1) is 5.41 Å². The lowest BCUT2D eigenvalue weighted by atomic mass is 9.94. The molecule has 0 saturated heterocycles. The van der Waals surface area contributed by atoms with Gasteiger partial charge in [0.1, 0.15) is 0 Å². The first-order valence-corrected chi connectivity index (χ1v) is 4.99. The Balaban J connectivity index is 2.48. The van der Waals surface area contributed by atoms with Gasteiger partial charge >= 0.3 is 0 Å². The van der Waals surface area contributed by atoms with Crippen LogP contribution in [0.3, 0.4) is 0 Å². The highest BCUT2D eigenvalue weighted by Gasteiger charge is 2.25. The first-order valence-electron chi connectivity index (χ1n) is 4.99. The average molecular weight is 207 g/mol. The number of benzene rings is 1. The number of carbonyl (C=O) groups is 1. The highest BCUT2D eigenvalue weighted by molar-refractivity contribution is 5.81. The van der Waals surface area contributed by atoms with Crippen LogP contribution in [0.15, 0.2) is 30.3 Å². The number of hydrogen-bond acceptors (Lipinski definition) is 2. The number of carbonyl (C=O) groups excluding carboxylic acids is 1. The molecule has 0 aromatic heterocycles. The van der Waals surface area contributed by atoms with E-state index < -0.39 is 5.41 Å². The largest absolute Gasteiger partial charge is 0.395 e. The monoisotopic (exact) mass is 207 g/mol. The maximum Gasteiger partial charge on any atom is 0.228 e. The summed E-state index contributed by atoms with van der Waals surface area (Å²) in [6, 6.07) is 9.69. The van der Waals surface area contributed by atoms with E-state index in [9.17, 15) is 4.79 Å². The van der Waals surface area contributed by atoms with Crippen molar-refractivity contribution in [2.24, 2.45) is 5.41 Å². The standard InChI is InChI=1S/C12H17NO2/c1-12(2,9-14)11(15)13-8-10-6-4-3-5-7-10/h3-7,14H,8-9H2,1-2H3,(H,13,15). The number of hydrogen-bond donors (Lipinski definition) is 2. The van der Waals surface area contributed by atoms with Gasteiger partial charge in [0.15, 0.2) is 0 Å². The molecule has 1 aromatic carbocycles. The van der Waals surface area contributed by atoms with Gasteiger partial charge in [-0.15, -0.1) is 0 Å². The molecule has 1 amide bonds. The number of amides is 1. The summed E-state index contributed by atoms with van der Waals surface area (Å²) in [6.45, 7) is 3.79. The van der Waals surface area contributed by atoms with Crippen LogP contribution >= 0.6 is 0 Å². The third-order valence-electron chi connectivity index (χ3n) is 2.31. The Bertz CT molecular complexity index is 320. The van der Waals surface area contributed by atoms with Gasteiger partial charge in [-0.1, -0.05) is 30.3 Å². The lowest BCUT2D eigenvalue weighted by molar-refractivity contribution is -0.131. The van der Waals surface area contributed by atoms with E-state index in [1.165, 1.54) is 0 Å². The van der Waals surface area contributed by atoms with Gasteiger partial charge in [-0.2, -0.15) is 0 Å².